The SMILES string of the molecule is C/C=C(\CC)P(=O)(OCC)OCC. The number of allylic oxidation sites excluding steroid dienone is 2. The molecule has 0 fully saturated rings. The van der Waals surface area contributed by atoms with E-state index in [1.165, 1.54) is 0 Å². The molecule has 0 amide bonds. The lowest BCUT2D eigenvalue weighted by molar-refractivity contribution is 0.225. The highest BCUT2D eigenvalue weighted by atomic mass is 31.2. The summed E-state index contributed by atoms with van der Waals surface area (Å²) in [5.41, 5.74) is 0. The summed E-state index contributed by atoms with van der Waals surface area (Å²) < 4.78 is 22.4. The fraction of sp³-hybridized carbons (Fsp3) is 0.778. The zero-order chi connectivity index (χ0) is 10.3. The number of rotatable bonds is 6. The van der Waals surface area contributed by atoms with Crippen LogP contribution in [0.1, 0.15) is 34.1 Å². The van der Waals surface area contributed by atoms with Crippen molar-refractivity contribution in [3.8, 4) is 0 Å². The van der Waals surface area contributed by atoms with Crippen molar-refractivity contribution in [3.05, 3.63) is 11.4 Å². The lowest BCUT2D eigenvalue weighted by Crippen LogP contribution is -1.98. The summed E-state index contributed by atoms with van der Waals surface area (Å²) in [6, 6.07) is 0. The molecule has 0 N–H and O–H groups in total. The molecule has 13 heavy (non-hydrogen) atoms. The van der Waals surface area contributed by atoms with Crippen molar-refractivity contribution < 1.29 is 13.6 Å². The molecule has 0 rings (SSSR count). The van der Waals surface area contributed by atoms with Crippen LogP contribution < -0.4 is 0 Å². The molecule has 4 heteroatoms. The average Bonchev–Trinajstić information content (AvgIpc) is 2.07. The third kappa shape index (κ3) is 3.63. The van der Waals surface area contributed by atoms with Crippen molar-refractivity contribution in [1.82, 2.24) is 0 Å². The highest BCUT2D eigenvalue weighted by molar-refractivity contribution is 7.58. The first-order valence-electron chi connectivity index (χ1n) is 4.69. The van der Waals surface area contributed by atoms with E-state index in [1.54, 1.807) is 0 Å². The van der Waals surface area contributed by atoms with Gasteiger partial charge < -0.3 is 9.05 Å². The predicted molar refractivity (Wildman–Crippen MR) is 54.9 cm³/mol. The van der Waals surface area contributed by atoms with E-state index in [-0.39, 0.29) is 0 Å². The molecule has 0 bridgehead atoms. The Bertz CT molecular complexity index is 201. The Labute approximate surface area is 80.7 Å². The smallest absolute Gasteiger partial charge is 0.306 e. The zero-order valence-electron chi connectivity index (χ0n) is 8.87. The van der Waals surface area contributed by atoms with Crippen LogP contribution in [0, 0.1) is 0 Å². The molecular weight excluding hydrogens is 187 g/mol. The van der Waals surface area contributed by atoms with Gasteiger partial charge in [0.05, 0.1) is 13.2 Å². The highest BCUT2D eigenvalue weighted by Crippen LogP contribution is 2.56. The summed E-state index contributed by atoms with van der Waals surface area (Å²) in [4.78, 5) is 0. The monoisotopic (exact) mass is 206 g/mol. The van der Waals surface area contributed by atoms with Gasteiger partial charge in [0, 0.05) is 5.31 Å². The van der Waals surface area contributed by atoms with E-state index < -0.39 is 7.60 Å². The van der Waals surface area contributed by atoms with E-state index >= 15 is 0 Å². The highest BCUT2D eigenvalue weighted by Gasteiger charge is 2.27. The lowest BCUT2D eigenvalue weighted by Gasteiger charge is -2.18. The van der Waals surface area contributed by atoms with Gasteiger partial charge in [-0.3, -0.25) is 4.57 Å². The van der Waals surface area contributed by atoms with Crippen LogP contribution in [0.2, 0.25) is 0 Å². The average molecular weight is 206 g/mol. The Kier molecular flexibility index (Phi) is 6.31. The summed E-state index contributed by atoms with van der Waals surface area (Å²) >= 11 is 0. The normalized spacial score (nSPS) is 13.4. The molecule has 0 radical (unpaired) electrons. The van der Waals surface area contributed by atoms with Gasteiger partial charge >= 0.3 is 7.60 Å². The van der Waals surface area contributed by atoms with Crippen molar-refractivity contribution in [1.29, 1.82) is 0 Å². The minimum Gasteiger partial charge on any atom is -0.306 e. The van der Waals surface area contributed by atoms with E-state index in [0.29, 0.717) is 19.6 Å². The molecule has 0 saturated carbocycles. The third-order valence-corrected chi connectivity index (χ3v) is 4.12. The van der Waals surface area contributed by atoms with Crippen LogP contribution in [0.15, 0.2) is 11.4 Å². The van der Waals surface area contributed by atoms with Crippen molar-refractivity contribution in [3.63, 3.8) is 0 Å². The molecule has 0 spiro atoms. The first-order chi connectivity index (χ1) is 6.14. The fourth-order valence-electron chi connectivity index (χ4n) is 1.10. The van der Waals surface area contributed by atoms with Crippen molar-refractivity contribution in [2.75, 3.05) is 13.2 Å². The first kappa shape index (κ1) is 12.9. The number of hydrogen-bond acceptors (Lipinski definition) is 3. The second-order valence-electron chi connectivity index (χ2n) is 2.47. The quantitative estimate of drug-likeness (QED) is 0.623. The van der Waals surface area contributed by atoms with E-state index in [4.69, 9.17) is 9.05 Å². The lowest BCUT2D eigenvalue weighted by atomic mass is 10.4. The second-order valence-corrected chi connectivity index (χ2v) is 4.55. The molecule has 0 aliphatic carbocycles. The maximum Gasteiger partial charge on any atom is 0.356 e. The van der Waals surface area contributed by atoms with Crippen LogP contribution in [0.25, 0.3) is 0 Å². The van der Waals surface area contributed by atoms with Gasteiger partial charge in [0.15, 0.2) is 0 Å². The molecule has 78 valence electrons. The summed E-state index contributed by atoms with van der Waals surface area (Å²) in [5, 5.41) is 0.760. The minimum atomic E-state index is -2.97. The van der Waals surface area contributed by atoms with Gasteiger partial charge in [-0.05, 0) is 27.2 Å². The van der Waals surface area contributed by atoms with E-state index in [2.05, 4.69) is 0 Å². The van der Waals surface area contributed by atoms with Gasteiger partial charge in [0.25, 0.3) is 0 Å². The van der Waals surface area contributed by atoms with E-state index in [1.807, 2.05) is 33.8 Å². The van der Waals surface area contributed by atoms with Crippen LogP contribution in [0.3, 0.4) is 0 Å². The molecule has 0 saturated heterocycles. The van der Waals surface area contributed by atoms with Crippen molar-refractivity contribution in [2.45, 2.75) is 34.1 Å². The predicted octanol–water partition coefficient (Wildman–Crippen LogP) is 3.57. The molecule has 0 unspecified atom stereocenters. The number of hydrogen-bond donors (Lipinski definition) is 0. The van der Waals surface area contributed by atoms with Gasteiger partial charge in [-0.25, -0.2) is 0 Å². The van der Waals surface area contributed by atoms with Crippen LogP contribution >= 0.6 is 7.60 Å². The zero-order valence-corrected chi connectivity index (χ0v) is 9.77. The molecule has 0 heterocycles. The van der Waals surface area contributed by atoms with Crippen LogP contribution in [-0.4, -0.2) is 13.2 Å². The topological polar surface area (TPSA) is 35.5 Å². The van der Waals surface area contributed by atoms with Gasteiger partial charge in [-0.2, -0.15) is 0 Å². The Morgan fingerprint density at radius 2 is 1.69 bits per heavy atom. The molecular formula is C9H19O3P. The van der Waals surface area contributed by atoms with Gasteiger partial charge in [0.2, 0.25) is 0 Å². The maximum absolute atomic E-state index is 12.1. The molecule has 0 aliphatic heterocycles. The van der Waals surface area contributed by atoms with Gasteiger partial charge in [-0.15, -0.1) is 0 Å². The van der Waals surface area contributed by atoms with E-state index in [9.17, 15) is 4.57 Å². The van der Waals surface area contributed by atoms with Gasteiger partial charge in [0.1, 0.15) is 0 Å². The van der Waals surface area contributed by atoms with Crippen LogP contribution in [-0.2, 0) is 13.6 Å². The summed E-state index contributed by atoms with van der Waals surface area (Å²) in [7, 11) is -2.97. The fourth-order valence-corrected chi connectivity index (χ4v) is 2.89. The molecule has 0 atom stereocenters. The Balaban J connectivity index is 4.66. The largest absolute Gasteiger partial charge is 0.356 e. The van der Waals surface area contributed by atoms with Crippen LogP contribution in [0.5, 0.6) is 0 Å². The maximum atomic E-state index is 12.1. The second kappa shape index (κ2) is 6.36. The minimum absolute atomic E-state index is 0.411. The Morgan fingerprint density at radius 3 is 1.92 bits per heavy atom. The van der Waals surface area contributed by atoms with Crippen molar-refractivity contribution >= 4 is 7.60 Å². The summed E-state index contributed by atoms with van der Waals surface area (Å²) in [6.07, 6.45) is 2.51. The molecule has 0 aliphatic rings. The summed E-state index contributed by atoms with van der Waals surface area (Å²) in [5.74, 6) is 0. The Morgan fingerprint density at radius 1 is 1.23 bits per heavy atom. The molecule has 0 aromatic carbocycles. The third-order valence-electron chi connectivity index (χ3n) is 1.65. The van der Waals surface area contributed by atoms with E-state index in [0.717, 1.165) is 5.31 Å². The summed E-state index contributed by atoms with van der Waals surface area (Å²) in [6.45, 7) is 8.25. The van der Waals surface area contributed by atoms with Crippen molar-refractivity contribution in [2.24, 2.45) is 0 Å². The molecule has 0 aromatic heterocycles. The standard InChI is InChI=1S/C9H19O3P/c1-5-9(6-2)13(10,11-7-3)12-8-4/h5H,6-8H2,1-4H3/b9-5+. The van der Waals surface area contributed by atoms with Gasteiger partial charge in [-0.1, -0.05) is 13.0 Å². The van der Waals surface area contributed by atoms with Crippen LogP contribution in [0.4, 0.5) is 0 Å². The Hall–Kier alpha value is -0.110. The first-order valence-corrected chi connectivity index (χ1v) is 6.23. The molecule has 3 nitrogen and oxygen atoms in total. The molecule has 0 aromatic rings.